The molecule has 2 atom stereocenters. The standard InChI is InChI=1S/C32H42N2O9S/c1-33(26-7-5-4-6-8-26)31(36)29-21-25(23-9-11-24(12-10-23)32(37)41-3)22-30(43-29)42-20-18-34(17-19-35)44(38,39)28-15-13-27(40-2)14-16-28/h9-16,21,25-26,30,35H,4-8,17-20,22H2,1-3H3. The summed E-state index contributed by atoms with van der Waals surface area (Å²) in [6, 6.07) is 13.1. The highest BCUT2D eigenvalue weighted by atomic mass is 32.2. The van der Waals surface area contributed by atoms with E-state index in [1.54, 1.807) is 42.3 Å². The van der Waals surface area contributed by atoms with Crippen molar-refractivity contribution in [2.24, 2.45) is 0 Å². The molecule has 1 saturated carbocycles. The first kappa shape index (κ1) is 33.4. The number of nitrogens with zero attached hydrogens (tertiary/aromatic N) is 2. The van der Waals surface area contributed by atoms with Gasteiger partial charge in [0.15, 0.2) is 5.76 Å². The molecule has 4 rings (SSSR count). The van der Waals surface area contributed by atoms with Crippen molar-refractivity contribution in [3.63, 3.8) is 0 Å². The molecule has 0 bridgehead atoms. The summed E-state index contributed by atoms with van der Waals surface area (Å²) in [7, 11) is 0.696. The van der Waals surface area contributed by atoms with Crippen molar-refractivity contribution >= 4 is 21.9 Å². The van der Waals surface area contributed by atoms with Gasteiger partial charge in [0.25, 0.3) is 5.91 Å². The summed E-state index contributed by atoms with van der Waals surface area (Å²) in [4.78, 5) is 27.3. The van der Waals surface area contributed by atoms with Gasteiger partial charge in [0.2, 0.25) is 16.3 Å². The minimum Gasteiger partial charge on any atom is -0.497 e. The monoisotopic (exact) mass is 630 g/mol. The summed E-state index contributed by atoms with van der Waals surface area (Å²) in [5.74, 6) is -0.227. The zero-order valence-electron chi connectivity index (χ0n) is 25.5. The SMILES string of the molecule is COC(=O)c1ccc(C2C=C(C(=O)N(C)C3CCCCC3)OC(OCCN(CCO)S(=O)(=O)c3ccc(OC)cc3)C2)cc1. The van der Waals surface area contributed by atoms with Crippen LogP contribution in [0.4, 0.5) is 0 Å². The number of ether oxygens (including phenoxy) is 4. The number of amides is 1. The Hall–Kier alpha value is -3.45. The van der Waals surface area contributed by atoms with E-state index in [0.29, 0.717) is 17.7 Å². The molecule has 1 heterocycles. The number of benzene rings is 2. The van der Waals surface area contributed by atoms with Gasteiger partial charge in [-0.15, -0.1) is 0 Å². The highest BCUT2D eigenvalue weighted by Crippen LogP contribution is 2.33. The minimum atomic E-state index is -3.92. The second-order valence-corrected chi connectivity index (χ2v) is 12.9. The van der Waals surface area contributed by atoms with Gasteiger partial charge in [-0.2, -0.15) is 4.31 Å². The molecule has 0 saturated heterocycles. The van der Waals surface area contributed by atoms with E-state index >= 15 is 0 Å². The number of carbonyl (C=O) groups is 2. The van der Waals surface area contributed by atoms with Gasteiger partial charge >= 0.3 is 5.97 Å². The van der Waals surface area contributed by atoms with Crippen LogP contribution in [-0.2, 0) is 29.0 Å². The molecule has 11 nitrogen and oxygen atoms in total. The predicted molar refractivity (Wildman–Crippen MR) is 163 cm³/mol. The molecule has 2 aromatic carbocycles. The van der Waals surface area contributed by atoms with Gasteiger partial charge < -0.3 is 29.0 Å². The van der Waals surface area contributed by atoms with E-state index in [2.05, 4.69) is 0 Å². The number of likely N-dealkylation sites (N-methyl/N-ethyl adjacent to an activating group) is 1. The average molecular weight is 631 g/mol. The van der Waals surface area contributed by atoms with Gasteiger partial charge in [0.05, 0.1) is 37.9 Å². The lowest BCUT2D eigenvalue weighted by molar-refractivity contribution is -0.153. The predicted octanol–water partition coefficient (Wildman–Crippen LogP) is 3.69. The van der Waals surface area contributed by atoms with E-state index < -0.39 is 22.3 Å². The Morgan fingerprint density at radius 1 is 0.977 bits per heavy atom. The zero-order valence-corrected chi connectivity index (χ0v) is 26.3. The molecule has 2 aromatic rings. The van der Waals surface area contributed by atoms with E-state index in [4.69, 9.17) is 18.9 Å². The number of methoxy groups -OCH3 is 2. The first-order valence-electron chi connectivity index (χ1n) is 14.9. The van der Waals surface area contributed by atoms with E-state index in [9.17, 15) is 23.1 Å². The van der Waals surface area contributed by atoms with Crippen molar-refractivity contribution in [3.05, 3.63) is 71.5 Å². The fourth-order valence-corrected chi connectivity index (χ4v) is 7.00. The van der Waals surface area contributed by atoms with Crippen LogP contribution < -0.4 is 4.74 Å². The highest BCUT2D eigenvalue weighted by Gasteiger charge is 2.33. The third-order valence-electron chi connectivity index (χ3n) is 8.16. The summed E-state index contributed by atoms with van der Waals surface area (Å²) in [6.45, 7) is -0.557. The number of aliphatic hydroxyl groups is 1. The van der Waals surface area contributed by atoms with Gasteiger partial charge in [0, 0.05) is 38.5 Å². The van der Waals surface area contributed by atoms with Gasteiger partial charge in [-0.25, -0.2) is 13.2 Å². The first-order chi connectivity index (χ1) is 21.2. The Balaban J connectivity index is 1.50. The van der Waals surface area contributed by atoms with Crippen molar-refractivity contribution in [1.82, 2.24) is 9.21 Å². The van der Waals surface area contributed by atoms with Crippen molar-refractivity contribution in [1.29, 1.82) is 0 Å². The molecule has 240 valence electrons. The molecule has 1 aliphatic carbocycles. The molecule has 44 heavy (non-hydrogen) atoms. The van der Waals surface area contributed by atoms with E-state index in [-0.39, 0.29) is 54.8 Å². The van der Waals surface area contributed by atoms with Crippen LogP contribution in [0, 0.1) is 0 Å². The molecular weight excluding hydrogens is 588 g/mol. The molecule has 2 aliphatic rings. The maximum Gasteiger partial charge on any atom is 0.337 e. The number of hydrogen-bond donors (Lipinski definition) is 1. The van der Waals surface area contributed by atoms with Crippen LogP contribution in [0.1, 0.15) is 60.4 Å². The summed E-state index contributed by atoms with van der Waals surface area (Å²) in [5, 5.41) is 9.59. The van der Waals surface area contributed by atoms with Crippen LogP contribution in [0.2, 0.25) is 0 Å². The Bertz CT molecular complexity index is 1390. The lowest BCUT2D eigenvalue weighted by atomic mass is 9.91. The van der Waals surface area contributed by atoms with Crippen LogP contribution in [0.15, 0.2) is 65.3 Å². The lowest BCUT2D eigenvalue weighted by Crippen LogP contribution is -2.41. The summed E-state index contributed by atoms with van der Waals surface area (Å²) in [5.41, 5.74) is 1.28. The highest BCUT2D eigenvalue weighted by molar-refractivity contribution is 7.89. The molecule has 1 N–H and O–H groups in total. The average Bonchev–Trinajstić information content (AvgIpc) is 3.07. The van der Waals surface area contributed by atoms with Gasteiger partial charge in [-0.1, -0.05) is 31.4 Å². The number of allylic oxidation sites excluding steroid dienone is 1. The summed E-state index contributed by atoms with van der Waals surface area (Å²) in [6.07, 6.45) is 6.53. The minimum absolute atomic E-state index is 0.0337. The summed E-state index contributed by atoms with van der Waals surface area (Å²) >= 11 is 0. The van der Waals surface area contributed by atoms with E-state index in [0.717, 1.165) is 35.6 Å². The van der Waals surface area contributed by atoms with Crippen LogP contribution in [-0.4, -0.2) is 94.5 Å². The van der Waals surface area contributed by atoms with Crippen molar-refractivity contribution in [3.8, 4) is 5.75 Å². The first-order valence-corrected chi connectivity index (χ1v) is 16.3. The molecule has 1 aliphatic heterocycles. The second-order valence-electron chi connectivity index (χ2n) is 10.9. The Morgan fingerprint density at radius 2 is 1.66 bits per heavy atom. The molecule has 12 heteroatoms. The van der Waals surface area contributed by atoms with Crippen molar-refractivity contribution in [2.75, 3.05) is 47.6 Å². The fourth-order valence-electron chi connectivity index (χ4n) is 5.58. The smallest absolute Gasteiger partial charge is 0.337 e. The molecule has 1 fully saturated rings. The topological polar surface area (TPSA) is 132 Å². The molecule has 1 amide bonds. The normalized spacial score (nSPS) is 19.2. The lowest BCUT2D eigenvalue weighted by Gasteiger charge is -2.35. The molecule has 0 aromatic heterocycles. The molecular formula is C32H42N2O9S. The number of aliphatic hydroxyl groups excluding tert-OH is 1. The number of sulfonamides is 1. The largest absolute Gasteiger partial charge is 0.497 e. The quantitative estimate of drug-likeness (QED) is 0.329. The van der Waals surface area contributed by atoms with Crippen LogP contribution in [0.25, 0.3) is 0 Å². The van der Waals surface area contributed by atoms with Crippen LogP contribution >= 0.6 is 0 Å². The van der Waals surface area contributed by atoms with Gasteiger partial charge in [-0.05, 0) is 60.9 Å². The third-order valence-corrected chi connectivity index (χ3v) is 10.1. The van der Waals surface area contributed by atoms with E-state index in [1.165, 1.54) is 32.8 Å². The molecule has 2 unspecified atom stereocenters. The Kier molecular flexibility index (Phi) is 11.8. The van der Waals surface area contributed by atoms with Gasteiger partial charge in [-0.3, -0.25) is 4.79 Å². The summed E-state index contributed by atoms with van der Waals surface area (Å²) < 4.78 is 49.8. The maximum atomic E-state index is 13.6. The van der Waals surface area contributed by atoms with Crippen molar-refractivity contribution < 1.29 is 42.1 Å². The third kappa shape index (κ3) is 8.17. The maximum absolute atomic E-state index is 13.6. The van der Waals surface area contributed by atoms with E-state index in [1.807, 2.05) is 12.1 Å². The number of hydrogen-bond acceptors (Lipinski definition) is 9. The van der Waals surface area contributed by atoms with Gasteiger partial charge in [0.1, 0.15) is 5.75 Å². The molecule has 0 spiro atoms. The number of esters is 1. The Morgan fingerprint density at radius 3 is 2.27 bits per heavy atom. The van der Waals surface area contributed by atoms with Crippen molar-refractivity contribution in [2.45, 2.75) is 61.7 Å². The second kappa shape index (κ2) is 15.5. The zero-order chi connectivity index (χ0) is 31.7. The fraction of sp³-hybridized carbons (Fsp3) is 0.500. The Labute approximate surface area is 259 Å². The number of carbonyl (C=O) groups excluding carboxylic acids is 2. The number of rotatable bonds is 13. The van der Waals surface area contributed by atoms with Crippen LogP contribution in [0.5, 0.6) is 5.75 Å². The van der Waals surface area contributed by atoms with Crippen LogP contribution in [0.3, 0.4) is 0 Å². The molecule has 0 radical (unpaired) electrons.